The number of halogens is 1. The van der Waals surface area contributed by atoms with Crippen LogP contribution in [0.2, 0.25) is 0 Å². The fourth-order valence-electron chi connectivity index (χ4n) is 1.89. The Morgan fingerprint density at radius 2 is 1.64 bits per heavy atom. The second-order valence-corrected chi connectivity index (χ2v) is 5.20. The average Bonchev–Trinajstić information content (AvgIpc) is 2.27. The van der Waals surface area contributed by atoms with Crippen LogP contribution in [0.5, 0.6) is 0 Å². The van der Waals surface area contributed by atoms with Gasteiger partial charge >= 0.3 is 10.2 Å². The van der Waals surface area contributed by atoms with Crippen LogP contribution in [-0.2, 0) is 15.0 Å². The predicted molar refractivity (Wildman–Crippen MR) is 51.1 cm³/mol. The summed E-state index contributed by atoms with van der Waals surface area (Å²) in [6.45, 7) is 0. The summed E-state index contributed by atoms with van der Waals surface area (Å²) in [4.78, 5) is 11.3. The summed E-state index contributed by atoms with van der Waals surface area (Å²) < 4.78 is 32.8. The van der Waals surface area contributed by atoms with E-state index in [0.29, 0.717) is 12.8 Å². The Bertz CT molecular complexity index is 289. The highest BCUT2D eigenvalue weighted by Gasteiger charge is 2.24. The highest BCUT2D eigenvalue weighted by molar-refractivity contribution is 7.87. The number of Topliss-reactive ketones (excluding diaryl/α,β-unsaturated/α-hetero) is 1. The highest BCUT2D eigenvalue weighted by atomic mass is 32.3. The van der Waals surface area contributed by atoms with Crippen molar-refractivity contribution in [2.75, 3.05) is 5.75 Å². The van der Waals surface area contributed by atoms with Crippen LogP contribution in [0.25, 0.3) is 0 Å². The molecule has 0 aromatic rings. The quantitative estimate of drug-likeness (QED) is 0.540. The monoisotopic (exact) mass is 222 g/mol. The molecule has 0 saturated heterocycles. The van der Waals surface area contributed by atoms with E-state index < -0.39 is 21.8 Å². The van der Waals surface area contributed by atoms with Gasteiger partial charge in [0.15, 0.2) is 5.78 Å². The predicted octanol–water partition coefficient (Wildman–Crippen LogP) is 1.83. The second kappa shape index (κ2) is 4.87. The van der Waals surface area contributed by atoms with E-state index in [0.717, 1.165) is 25.7 Å². The van der Waals surface area contributed by atoms with Crippen LogP contribution < -0.4 is 0 Å². The number of carbonyl (C=O) groups is 1. The zero-order valence-corrected chi connectivity index (χ0v) is 8.85. The van der Waals surface area contributed by atoms with Gasteiger partial charge in [0.2, 0.25) is 0 Å². The molecule has 14 heavy (non-hydrogen) atoms. The maximum absolute atomic E-state index is 12.2. The molecule has 1 aliphatic rings. The average molecular weight is 222 g/mol. The zero-order valence-electron chi connectivity index (χ0n) is 8.04. The highest BCUT2D eigenvalue weighted by Crippen LogP contribution is 2.23. The first-order valence-electron chi connectivity index (χ1n) is 4.94. The molecule has 0 amide bonds. The summed E-state index contributed by atoms with van der Waals surface area (Å²) in [5.41, 5.74) is 0. The number of ketones is 1. The molecule has 0 N–H and O–H groups in total. The van der Waals surface area contributed by atoms with E-state index in [9.17, 15) is 17.1 Å². The van der Waals surface area contributed by atoms with Gasteiger partial charge in [-0.25, -0.2) is 0 Å². The largest absolute Gasteiger partial charge is 0.309 e. The van der Waals surface area contributed by atoms with Gasteiger partial charge < -0.3 is 0 Å². The van der Waals surface area contributed by atoms with Crippen LogP contribution in [0.15, 0.2) is 0 Å². The number of hydrogen-bond acceptors (Lipinski definition) is 3. The van der Waals surface area contributed by atoms with Crippen LogP contribution in [-0.4, -0.2) is 20.0 Å². The molecular formula is C9H15FO3S. The van der Waals surface area contributed by atoms with Crippen LogP contribution in [0.1, 0.15) is 38.5 Å². The maximum Gasteiger partial charge on any atom is 0.309 e. The minimum Gasteiger partial charge on any atom is -0.298 e. The van der Waals surface area contributed by atoms with Gasteiger partial charge in [-0.3, -0.25) is 4.79 Å². The third-order valence-corrected chi connectivity index (χ3v) is 3.25. The van der Waals surface area contributed by atoms with Crippen molar-refractivity contribution in [1.29, 1.82) is 0 Å². The molecule has 0 aromatic heterocycles. The first-order chi connectivity index (χ1) is 6.49. The molecule has 82 valence electrons. The fraction of sp³-hybridized carbons (Fsp3) is 0.889. The van der Waals surface area contributed by atoms with Gasteiger partial charge in [-0.05, 0) is 12.8 Å². The van der Waals surface area contributed by atoms with Crippen molar-refractivity contribution < 1.29 is 17.1 Å². The standard InChI is InChI=1S/C9H15FO3S/c10-14(12,13)7-9(11)8-5-3-1-2-4-6-8/h8H,1-7H2. The minimum absolute atomic E-state index is 0.233. The molecule has 1 saturated carbocycles. The van der Waals surface area contributed by atoms with Gasteiger partial charge in [0.05, 0.1) is 0 Å². The van der Waals surface area contributed by atoms with Crippen LogP contribution in [0.3, 0.4) is 0 Å². The van der Waals surface area contributed by atoms with Crippen molar-refractivity contribution in [1.82, 2.24) is 0 Å². The topological polar surface area (TPSA) is 51.2 Å². The Hall–Kier alpha value is -0.450. The molecule has 3 nitrogen and oxygen atoms in total. The number of rotatable bonds is 3. The molecule has 0 unspecified atom stereocenters. The lowest BCUT2D eigenvalue weighted by Gasteiger charge is -2.10. The number of carbonyl (C=O) groups excluding carboxylic acids is 1. The lowest BCUT2D eigenvalue weighted by molar-refractivity contribution is -0.120. The van der Waals surface area contributed by atoms with Crippen molar-refractivity contribution in [2.24, 2.45) is 5.92 Å². The third kappa shape index (κ3) is 4.17. The summed E-state index contributed by atoms with van der Waals surface area (Å²) in [7, 11) is -4.63. The molecule has 0 bridgehead atoms. The SMILES string of the molecule is O=C(CS(=O)(=O)F)C1CCCCCC1. The van der Waals surface area contributed by atoms with E-state index in [-0.39, 0.29) is 5.92 Å². The van der Waals surface area contributed by atoms with Crippen molar-refractivity contribution in [3.05, 3.63) is 0 Å². The number of hydrogen-bond donors (Lipinski definition) is 0. The van der Waals surface area contributed by atoms with Crippen molar-refractivity contribution in [2.45, 2.75) is 38.5 Å². The Morgan fingerprint density at radius 1 is 1.14 bits per heavy atom. The Labute approximate surface area is 83.9 Å². The van der Waals surface area contributed by atoms with E-state index in [1.54, 1.807) is 0 Å². The Balaban J connectivity index is 2.50. The van der Waals surface area contributed by atoms with Gasteiger partial charge in [0.25, 0.3) is 0 Å². The molecule has 0 heterocycles. The van der Waals surface area contributed by atoms with E-state index in [2.05, 4.69) is 0 Å². The van der Waals surface area contributed by atoms with Crippen LogP contribution >= 0.6 is 0 Å². The normalized spacial score (nSPS) is 20.4. The van der Waals surface area contributed by atoms with E-state index in [4.69, 9.17) is 0 Å². The first kappa shape index (κ1) is 11.6. The van der Waals surface area contributed by atoms with E-state index >= 15 is 0 Å². The van der Waals surface area contributed by atoms with Gasteiger partial charge in [0, 0.05) is 5.92 Å². The molecule has 1 fully saturated rings. The van der Waals surface area contributed by atoms with Crippen molar-refractivity contribution in [3.63, 3.8) is 0 Å². The molecule has 1 aliphatic carbocycles. The molecule has 0 radical (unpaired) electrons. The lowest BCUT2D eigenvalue weighted by atomic mass is 9.96. The van der Waals surface area contributed by atoms with Crippen LogP contribution in [0, 0.1) is 5.92 Å². The smallest absolute Gasteiger partial charge is 0.298 e. The molecular weight excluding hydrogens is 207 g/mol. The van der Waals surface area contributed by atoms with Crippen molar-refractivity contribution >= 4 is 16.0 Å². The summed E-state index contributed by atoms with van der Waals surface area (Å²) in [6.07, 6.45) is 5.51. The van der Waals surface area contributed by atoms with Gasteiger partial charge in [-0.2, -0.15) is 8.42 Å². The summed E-state index contributed by atoms with van der Waals surface area (Å²) in [5, 5.41) is 0. The molecule has 1 rings (SSSR count). The minimum atomic E-state index is -4.63. The maximum atomic E-state index is 12.2. The molecule has 5 heteroatoms. The van der Waals surface area contributed by atoms with Gasteiger partial charge in [0.1, 0.15) is 5.75 Å². The molecule has 0 atom stereocenters. The van der Waals surface area contributed by atoms with E-state index in [1.807, 2.05) is 0 Å². The molecule has 0 aromatic carbocycles. The fourth-order valence-corrected chi connectivity index (χ4v) is 2.46. The zero-order chi connectivity index (χ0) is 10.6. The second-order valence-electron chi connectivity index (χ2n) is 3.84. The Morgan fingerprint density at radius 3 is 2.07 bits per heavy atom. The van der Waals surface area contributed by atoms with Gasteiger partial charge in [-0.1, -0.05) is 25.7 Å². The van der Waals surface area contributed by atoms with Crippen LogP contribution in [0.4, 0.5) is 3.89 Å². The summed E-state index contributed by atoms with van der Waals surface area (Å²) in [6, 6.07) is 0. The third-order valence-electron chi connectivity index (χ3n) is 2.63. The van der Waals surface area contributed by atoms with Gasteiger partial charge in [-0.15, -0.1) is 3.89 Å². The van der Waals surface area contributed by atoms with Crippen molar-refractivity contribution in [3.8, 4) is 0 Å². The molecule has 0 aliphatic heterocycles. The Kier molecular flexibility index (Phi) is 4.04. The summed E-state index contributed by atoms with van der Waals surface area (Å²) in [5.74, 6) is -1.62. The lowest BCUT2D eigenvalue weighted by Crippen LogP contribution is -2.21. The van der Waals surface area contributed by atoms with E-state index in [1.165, 1.54) is 0 Å². The summed E-state index contributed by atoms with van der Waals surface area (Å²) >= 11 is 0. The molecule has 0 spiro atoms. The first-order valence-corrected chi connectivity index (χ1v) is 6.49.